The molecule has 7 nitrogen and oxygen atoms in total. The summed E-state index contributed by atoms with van der Waals surface area (Å²) in [6.07, 6.45) is 3.68. The van der Waals surface area contributed by atoms with Crippen LogP contribution in [0.3, 0.4) is 0 Å². The summed E-state index contributed by atoms with van der Waals surface area (Å²) in [5, 5.41) is 10.6. The van der Waals surface area contributed by atoms with Crippen LogP contribution in [0.15, 0.2) is 23.0 Å². The van der Waals surface area contributed by atoms with Crippen molar-refractivity contribution in [2.45, 2.75) is 57.0 Å². The maximum absolute atomic E-state index is 13.2. The van der Waals surface area contributed by atoms with Crippen LogP contribution in [-0.4, -0.2) is 31.8 Å². The quantitative estimate of drug-likeness (QED) is 0.904. The zero-order valence-electron chi connectivity index (χ0n) is 13.3. The molecule has 0 aromatic carbocycles. The summed E-state index contributed by atoms with van der Waals surface area (Å²) in [6, 6.07) is 1.28. The summed E-state index contributed by atoms with van der Waals surface area (Å²) >= 11 is 0. The van der Waals surface area contributed by atoms with E-state index in [0.29, 0.717) is 18.7 Å². The molecule has 2 heterocycles. The van der Waals surface area contributed by atoms with E-state index in [2.05, 4.69) is 20.6 Å². The first kappa shape index (κ1) is 16.5. The van der Waals surface area contributed by atoms with Crippen molar-refractivity contribution in [1.29, 1.82) is 0 Å². The number of alkyl halides is 2. The average Bonchev–Trinajstić information content (AvgIpc) is 3.23. The molecule has 1 N–H and O–H groups in total. The molecular formula is C15H19F2N5O2. The van der Waals surface area contributed by atoms with E-state index >= 15 is 0 Å². The Hall–Kier alpha value is -2.32. The molecule has 1 aliphatic carbocycles. The number of carbonyl (C=O) groups is 1. The van der Waals surface area contributed by atoms with Crippen LogP contribution in [0, 0.1) is 0 Å². The van der Waals surface area contributed by atoms with E-state index in [0.717, 1.165) is 0 Å². The number of amides is 1. The van der Waals surface area contributed by atoms with Gasteiger partial charge in [0, 0.05) is 31.2 Å². The molecule has 2 aromatic heterocycles. The molecule has 0 bridgehead atoms. The zero-order valence-corrected chi connectivity index (χ0v) is 13.3. The van der Waals surface area contributed by atoms with E-state index < -0.39 is 12.0 Å². The maximum Gasteiger partial charge on any atom is 0.248 e. The third-order valence-electron chi connectivity index (χ3n) is 4.28. The summed E-state index contributed by atoms with van der Waals surface area (Å²) in [6.45, 7) is 1.82. The van der Waals surface area contributed by atoms with Gasteiger partial charge in [0.1, 0.15) is 6.04 Å². The SMILES string of the molecule is CC(C(=O)NCc1nc(C2CCC(F)(F)CC2)no1)n1cccn1. The molecule has 0 spiro atoms. The minimum atomic E-state index is -2.58. The van der Waals surface area contributed by atoms with Gasteiger partial charge in [-0.3, -0.25) is 9.48 Å². The van der Waals surface area contributed by atoms with Gasteiger partial charge in [0.05, 0.1) is 6.54 Å². The molecule has 24 heavy (non-hydrogen) atoms. The number of rotatable bonds is 5. The van der Waals surface area contributed by atoms with Gasteiger partial charge in [0.15, 0.2) is 5.82 Å². The topological polar surface area (TPSA) is 85.8 Å². The van der Waals surface area contributed by atoms with Gasteiger partial charge in [0.2, 0.25) is 17.7 Å². The Kier molecular flexibility index (Phi) is 4.59. The van der Waals surface area contributed by atoms with Crippen LogP contribution < -0.4 is 5.32 Å². The van der Waals surface area contributed by atoms with Crippen molar-refractivity contribution in [2.75, 3.05) is 0 Å². The van der Waals surface area contributed by atoms with Crippen molar-refractivity contribution in [3.8, 4) is 0 Å². The molecule has 1 atom stereocenters. The number of aromatic nitrogens is 4. The molecule has 2 aromatic rings. The van der Waals surface area contributed by atoms with Crippen molar-refractivity contribution in [2.24, 2.45) is 0 Å². The lowest BCUT2D eigenvalue weighted by molar-refractivity contribution is -0.124. The second-order valence-electron chi connectivity index (χ2n) is 6.06. The smallest absolute Gasteiger partial charge is 0.248 e. The van der Waals surface area contributed by atoms with Gasteiger partial charge in [0.25, 0.3) is 0 Å². The molecule has 1 fully saturated rings. The Morgan fingerprint density at radius 3 is 2.92 bits per heavy atom. The van der Waals surface area contributed by atoms with Crippen molar-refractivity contribution < 1.29 is 18.1 Å². The molecule has 1 aliphatic rings. The highest BCUT2D eigenvalue weighted by Crippen LogP contribution is 2.39. The number of nitrogens with one attached hydrogen (secondary N) is 1. The summed E-state index contributed by atoms with van der Waals surface area (Å²) in [7, 11) is 0. The summed E-state index contributed by atoms with van der Waals surface area (Å²) in [5.41, 5.74) is 0. The van der Waals surface area contributed by atoms with E-state index in [9.17, 15) is 13.6 Å². The normalized spacial score (nSPS) is 19.1. The largest absolute Gasteiger partial charge is 0.345 e. The first-order chi connectivity index (χ1) is 11.4. The molecule has 1 saturated carbocycles. The maximum atomic E-state index is 13.2. The minimum Gasteiger partial charge on any atom is -0.345 e. The number of nitrogens with zero attached hydrogens (tertiary/aromatic N) is 4. The number of hydrogen-bond acceptors (Lipinski definition) is 5. The van der Waals surface area contributed by atoms with Gasteiger partial charge in [-0.1, -0.05) is 5.16 Å². The van der Waals surface area contributed by atoms with Gasteiger partial charge < -0.3 is 9.84 Å². The van der Waals surface area contributed by atoms with Crippen molar-refractivity contribution in [1.82, 2.24) is 25.2 Å². The first-order valence-corrected chi connectivity index (χ1v) is 7.92. The van der Waals surface area contributed by atoms with Crippen LogP contribution in [-0.2, 0) is 11.3 Å². The summed E-state index contributed by atoms with van der Waals surface area (Å²) in [5.74, 6) is -2.21. The predicted octanol–water partition coefficient (Wildman–Crippen LogP) is 2.44. The van der Waals surface area contributed by atoms with Gasteiger partial charge in [-0.2, -0.15) is 10.1 Å². The Balaban J connectivity index is 1.52. The van der Waals surface area contributed by atoms with Crippen LogP contribution in [0.2, 0.25) is 0 Å². The highest BCUT2D eigenvalue weighted by Gasteiger charge is 2.36. The van der Waals surface area contributed by atoms with Crippen LogP contribution in [0.25, 0.3) is 0 Å². The summed E-state index contributed by atoms with van der Waals surface area (Å²) in [4.78, 5) is 16.3. The van der Waals surface area contributed by atoms with Crippen molar-refractivity contribution >= 4 is 5.91 Å². The molecule has 0 saturated heterocycles. The van der Waals surface area contributed by atoms with Crippen molar-refractivity contribution in [3.05, 3.63) is 30.2 Å². The molecule has 1 unspecified atom stereocenters. The third-order valence-corrected chi connectivity index (χ3v) is 4.28. The minimum absolute atomic E-state index is 0.0975. The molecule has 130 valence electrons. The van der Waals surface area contributed by atoms with E-state index in [1.165, 1.54) is 4.68 Å². The monoisotopic (exact) mass is 339 g/mol. The van der Waals surface area contributed by atoms with Gasteiger partial charge in [-0.05, 0) is 25.8 Å². The second kappa shape index (κ2) is 6.66. The van der Waals surface area contributed by atoms with Crippen LogP contribution >= 0.6 is 0 Å². The number of halogens is 2. The fourth-order valence-corrected chi connectivity index (χ4v) is 2.74. The molecule has 0 aliphatic heterocycles. The first-order valence-electron chi connectivity index (χ1n) is 7.92. The highest BCUT2D eigenvalue weighted by molar-refractivity contribution is 5.79. The Labute approximate surface area is 137 Å². The number of carbonyl (C=O) groups excluding carboxylic acids is 1. The standard InChI is InChI=1S/C15H19F2N5O2/c1-10(22-8-2-7-19-22)14(23)18-9-12-20-13(21-24-12)11-3-5-15(16,17)6-4-11/h2,7-8,10-11H,3-6,9H2,1H3,(H,18,23). The predicted molar refractivity (Wildman–Crippen MR) is 79.2 cm³/mol. The van der Waals surface area contributed by atoms with E-state index in [4.69, 9.17) is 4.52 Å². The Bertz CT molecular complexity index is 676. The lowest BCUT2D eigenvalue weighted by Gasteiger charge is -2.26. The Morgan fingerprint density at radius 1 is 1.50 bits per heavy atom. The second-order valence-corrected chi connectivity index (χ2v) is 6.06. The summed E-state index contributed by atoms with van der Waals surface area (Å²) < 4.78 is 33.0. The van der Waals surface area contributed by atoms with E-state index in [-0.39, 0.29) is 37.1 Å². The third kappa shape index (κ3) is 3.77. The fourth-order valence-electron chi connectivity index (χ4n) is 2.74. The lowest BCUT2D eigenvalue weighted by atomic mass is 9.86. The zero-order chi connectivity index (χ0) is 17.2. The van der Waals surface area contributed by atoms with Crippen molar-refractivity contribution in [3.63, 3.8) is 0 Å². The number of hydrogen-bond donors (Lipinski definition) is 1. The van der Waals surface area contributed by atoms with Gasteiger partial charge in [-0.15, -0.1) is 0 Å². The van der Waals surface area contributed by atoms with Crippen LogP contribution in [0.4, 0.5) is 8.78 Å². The van der Waals surface area contributed by atoms with E-state index in [1.54, 1.807) is 25.4 Å². The van der Waals surface area contributed by atoms with Gasteiger partial charge in [-0.25, -0.2) is 8.78 Å². The molecule has 1 amide bonds. The lowest BCUT2D eigenvalue weighted by Crippen LogP contribution is -2.31. The molecule has 0 radical (unpaired) electrons. The average molecular weight is 339 g/mol. The van der Waals surface area contributed by atoms with Crippen LogP contribution in [0.1, 0.15) is 56.3 Å². The van der Waals surface area contributed by atoms with Crippen LogP contribution in [0.5, 0.6) is 0 Å². The fraction of sp³-hybridized carbons (Fsp3) is 0.600. The molecular weight excluding hydrogens is 320 g/mol. The molecule has 3 rings (SSSR count). The Morgan fingerprint density at radius 2 is 2.25 bits per heavy atom. The van der Waals surface area contributed by atoms with E-state index in [1.807, 2.05) is 0 Å². The molecule has 9 heteroatoms. The van der Waals surface area contributed by atoms with Gasteiger partial charge >= 0.3 is 0 Å². The highest BCUT2D eigenvalue weighted by atomic mass is 19.3.